The Morgan fingerprint density at radius 1 is 1.03 bits per heavy atom. The van der Waals surface area contributed by atoms with Crippen LogP contribution in [-0.4, -0.2) is 28.7 Å². The molecule has 3 amide bonds. The molecule has 0 radical (unpaired) electrons. The van der Waals surface area contributed by atoms with Gasteiger partial charge in [0.1, 0.15) is 6.04 Å². The monoisotopic (exact) mass is 472 g/mol. The van der Waals surface area contributed by atoms with Gasteiger partial charge in [-0.25, -0.2) is 5.01 Å². The zero-order chi connectivity index (χ0) is 25.1. The van der Waals surface area contributed by atoms with Crippen molar-refractivity contribution in [3.63, 3.8) is 0 Å². The van der Waals surface area contributed by atoms with Gasteiger partial charge in [0.05, 0.1) is 22.9 Å². The molecule has 2 atom stereocenters. The molecule has 4 rings (SSSR count). The number of benzene rings is 3. The highest BCUT2D eigenvalue weighted by Crippen LogP contribution is 2.39. The fourth-order valence-corrected chi connectivity index (χ4v) is 4.11. The number of amides is 3. The number of anilines is 1. The number of carbonyl (C=O) groups excluding carboxylic acids is 3. The third-order valence-corrected chi connectivity index (χ3v) is 5.93. The van der Waals surface area contributed by atoms with Crippen molar-refractivity contribution in [2.24, 2.45) is 0 Å². The van der Waals surface area contributed by atoms with Crippen molar-refractivity contribution >= 4 is 29.1 Å². The molecular formula is C26H24N4O5. The number of nitrogens with zero attached hydrogens (tertiary/aromatic N) is 2. The number of rotatable bonds is 6. The van der Waals surface area contributed by atoms with Gasteiger partial charge in [-0.2, -0.15) is 0 Å². The lowest BCUT2D eigenvalue weighted by molar-refractivity contribution is -0.384. The first-order chi connectivity index (χ1) is 16.8. The van der Waals surface area contributed by atoms with E-state index in [0.29, 0.717) is 11.3 Å². The summed E-state index contributed by atoms with van der Waals surface area (Å²) in [5, 5.41) is 14.8. The van der Waals surface area contributed by atoms with Crippen molar-refractivity contribution in [3.8, 4) is 11.1 Å². The van der Waals surface area contributed by atoms with Crippen molar-refractivity contribution in [2.45, 2.75) is 32.2 Å². The Bertz CT molecular complexity index is 1320. The summed E-state index contributed by atoms with van der Waals surface area (Å²) < 4.78 is 0. The number of non-ortho nitro benzene ring substituents is 1. The van der Waals surface area contributed by atoms with E-state index in [1.54, 1.807) is 25.1 Å². The summed E-state index contributed by atoms with van der Waals surface area (Å²) in [6.07, 6.45) is -0.128. The Kier molecular flexibility index (Phi) is 6.59. The molecule has 0 saturated heterocycles. The standard InChI is InChI=1S/C26H24N4O5/c1-16-20-10-3-4-11-21(20)22-12-5-6-13-23(22)29(26(16)33)28-25(32)17(2)27-24(31)15-18-8-7-9-19(14-18)30(34)35/h3-14,16-17H,15H2,1-2H3,(H,27,31)(H,28,32)/t16?,17-/m0/s1. The fraction of sp³-hybridized carbons (Fsp3) is 0.192. The first-order valence-electron chi connectivity index (χ1n) is 11.1. The zero-order valence-electron chi connectivity index (χ0n) is 19.2. The van der Waals surface area contributed by atoms with E-state index in [0.717, 1.165) is 16.7 Å². The van der Waals surface area contributed by atoms with Gasteiger partial charge in [-0.1, -0.05) is 54.6 Å². The lowest BCUT2D eigenvalue weighted by atomic mass is 9.92. The first-order valence-corrected chi connectivity index (χ1v) is 11.1. The molecular weight excluding hydrogens is 448 g/mol. The van der Waals surface area contributed by atoms with Gasteiger partial charge in [0.25, 0.3) is 17.5 Å². The molecule has 0 saturated carbocycles. The van der Waals surface area contributed by atoms with Crippen molar-refractivity contribution in [1.82, 2.24) is 10.7 Å². The second-order valence-corrected chi connectivity index (χ2v) is 8.37. The molecule has 1 unspecified atom stereocenters. The molecule has 9 nitrogen and oxygen atoms in total. The molecule has 178 valence electrons. The van der Waals surface area contributed by atoms with Gasteiger partial charge in [-0.05, 0) is 36.6 Å². The molecule has 2 N–H and O–H groups in total. The van der Waals surface area contributed by atoms with Crippen LogP contribution in [0.25, 0.3) is 11.1 Å². The van der Waals surface area contributed by atoms with E-state index in [2.05, 4.69) is 10.7 Å². The minimum Gasteiger partial charge on any atom is -0.344 e. The summed E-state index contributed by atoms with van der Waals surface area (Å²) in [5.74, 6) is -1.85. The topological polar surface area (TPSA) is 122 Å². The number of hydrogen-bond acceptors (Lipinski definition) is 5. The van der Waals surface area contributed by atoms with Crippen LogP contribution >= 0.6 is 0 Å². The second-order valence-electron chi connectivity index (χ2n) is 8.37. The lowest BCUT2D eigenvalue weighted by Gasteiger charge is -2.27. The number of nitro groups is 1. The lowest BCUT2D eigenvalue weighted by Crippen LogP contribution is -2.54. The number of fused-ring (bicyclic) bond motifs is 3. The highest BCUT2D eigenvalue weighted by molar-refractivity contribution is 6.06. The Labute approximate surface area is 201 Å². The Hall–Kier alpha value is -4.53. The quantitative estimate of drug-likeness (QED) is 0.420. The summed E-state index contributed by atoms with van der Waals surface area (Å²) in [6.45, 7) is 3.30. The third-order valence-electron chi connectivity index (χ3n) is 5.93. The minimum absolute atomic E-state index is 0.116. The van der Waals surface area contributed by atoms with Crippen LogP contribution in [0.2, 0.25) is 0 Å². The molecule has 0 spiro atoms. The summed E-state index contributed by atoms with van der Waals surface area (Å²) in [6, 6.07) is 19.7. The highest BCUT2D eigenvalue weighted by Gasteiger charge is 2.33. The van der Waals surface area contributed by atoms with Crippen LogP contribution in [0.15, 0.2) is 72.8 Å². The van der Waals surface area contributed by atoms with Crippen LogP contribution in [0, 0.1) is 10.1 Å². The van der Waals surface area contributed by atoms with Gasteiger partial charge in [-0.15, -0.1) is 0 Å². The summed E-state index contributed by atoms with van der Waals surface area (Å²) in [7, 11) is 0. The predicted molar refractivity (Wildman–Crippen MR) is 130 cm³/mol. The molecule has 0 aliphatic carbocycles. The summed E-state index contributed by atoms with van der Waals surface area (Å²) in [5.41, 5.74) is 6.12. The number of nitrogens with one attached hydrogen (secondary N) is 2. The average molecular weight is 473 g/mol. The van der Waals surface area contributed by atoms with E-state index in [-0.39, 0.29) is 18.0 Å². The van der Waals surface area contributed by atoms with Gasteiger partial charge in [0.2, 0.25) is 5.91 Å². The largest absolute Gasteiger partial charge is 0.344 e. The van der Waals surface area contributed by atoms with E-state index in [4.69, 9.17) is 0 Å². The number of nitro benzene ring substituents is 1. The summed E-state index contributed by atoms with van der Waals surface area (Å²) in [4.78, 5) is 49.2. The van der Waals surface area contributed by atoms with E-state index < -0.39 is 28.7 Å². The Balaban J connectivity index is 1.50. The first kappa shape index (κ1) is 23.6. The molecule has 9 heteroatoms. The van der Waals surface area contributed by atoms with E-state index in [1.807, 2.05) is 36.4 Å². The molecule has 3 aromatic rings. The number of hydrazine groups is 1. The van der Waals surface area contributed by atoms with E-state index >= 15 is 0 Å². The molecule has 1 heterocycles. The van der Waals surface area contributed by atoms with Crippen LogP contribution in [-0.2, 0) is 20.8 Å². The SMILES string of the molecule is CC1C(=O)N(NC(=O)[C@H](C)NC(=O)Cc2cccc([N+](=O)[O-])c2)c2ccccc2-c2ccccc21. The van der Waals surface area contributed by atoms with Crippen LogP contribution in [0.4, 0.5) is 11.4 Å². The zero-order valence-corrected chi connectivity index (χ0v) is 19.2. The average Bonchev–Trinajstić information content (AvgIpc) is 2.94. The second kappa shape index (κ2) is 9.76. The molecule has 1 aliphatic rings. The maximum absolute atomic E-state index is 13.3. The van der Waals surface area contributed by atoms with E-state index in [1.165, 1.54) is 30.1 Å². The van der Waals surface area contributed by atoms with Crippen LogP contribution in [0.1, 0.15) is 30.9 Å². The normalized spacial score (nSPS) is 15.3. The Morgan fingerprint density at radius 2 is 1.71 bits per heavy atom. The van der Waals surface area contributed by atoms with Crippen molar-refractivity contribution in [3.05, 3.63) is 94.0 Å². The van der Waals surface area contributed by atoms with Crippen LogP contribution in [0.5, 0.6) is 0 Å². The maximum atomic E-state index is 13.3. The van der Waals surface area contributed by atoms with Crippen LogP contribution < -0.4 is 15.8 Å². The molecule has 0 fully saturated rings. The van der Waals surface area contributed by atoms with Crippen molar-refractivity contribution < 1.29 is 19.3 Å². The smallest absolute Gasteiger partial charge is 0.269 e. The number of para-hydroxylation sites is 1. The number of hydrogen-bond donors (Lipinski definition) is 2. The Morgan fingerprint density at radius 3 is 2.46 bits per heavy atom. The minimum atomic E-state index is -0.956. The van der Waals surface area contributed by atoms with Gasteiger partial charge < -0.3 is 5.32 Å². The molecule has 0 bridgehead atoms. The molecule has 0 aromatic heterocycles. The van der Waals surface area contributed by atoms with Gasteiger partial charge in [0, 0.05) is 17.7 Å². The third kappa shape index (κ3) is 4.89. The van der Waals surface area contributed by atoms with Gasteiger partial charge in [-0.3, -0.25) is 29.9 Å². The highest BCUT2D eigenvalue weighted by atomic mass is 16.6. The van der Waals surface area contributed by atoms with Gasteiger partial charge >= 0.3 is 0 Å². The number of carbonyl (C=O) groups is 3. The molecule has 1 aliphatic heterocycles. The summed E-state index contributed by atoms with van der Waals surface area (Å²) >= 11 is 0. The predicted octanol–water partition coefficient (Wildman–Crippen LogP) is 3.49. The van der Waals surface area contributed by atoms with Gasteiger partial charge in [0.15, 0.2) is 0 Å². The van der Waals surface area contributed by atoms with Crippen molar-refractivity contribution in [2.75, 3.05) is 5.01 Å². The molecule has 3 aromatic carbocycles. The fourth-order valence-electron chi connectivity index (χ4n) is 4.11. The maximum Gasteiger partial charge on any atom is 0.269 e. The van der Waals surface area contributed by atoms with Crippen LogP contribution in [0.3, 0.4) is 0 Å². The molecule has 35 heavy (non-hydrogen) atoms. The van der Waals surface area contributed by atoms with Crippen molar-refractivity contribution in [1.29, 1.82) is 0 Å². The van der Waals surface area contributed by atoms with E-state index in [9.17, 15) is 24.5 Å².